The predicted molar refractivity (Wildman–Crippen MR) is 217 cm³/mol. The van der Waals surface area contributed by atoms with Crippen LogP contribution in [0.1, 0.15) is 0 Å². The molecule has 0 saturated carbocycles. The molecule has 0 unspecified atom stereocenters. The fraction of sp³-hybridized carbons (Fsp3) is 0. The molecular weight excluding hydrogens is 639 g/mol. The van der Waals surface area contributed by atoms with Gasteiger partial charge in [-0.3, -0.25) is 0 Å². The number of furan rings is 1. The molecule has 0 spiro atoms. The Hall–Kier alpha value is -6.42. The summed E-state index contributed by atoms with van der Waals surface area (Å²) in [6.45, 7) is 0. The Kier molecular flexibility index (Phi) is 6.16. The Bertz CT molecular complexity index is 3130. The molecular formula is C48H29NOS. The van der Waals surface area contributed by atoms with Crippen molar-refractivity contribution < 1.29 is 4.42 Å². The first-order valence-corrected chi connectivity index (χ1v) is 18.2. The number of aromatic nitrogens is 1. The van der Waals surface area contributed by atoms with Gasteiger partial charge in [0.15, 0.2) is 0 Å². The van der Waals surface area contributed by atoms with Crippen LogP contribution in [0, 0.1) is 0 Å². The lowest BCUT2D eigenvalue weighted by Gasteiger charge is -2.10. The molecule has 0 fully saturated rings. The molecule has 11 rings (SSSR count). The van der Waals surface area contributed by atoms with Crippen LogP contribution in [0.4, 0.5) is 0 Å². The van der Waals surface area contributed by atoms with Crippen molar-refractivity contribution in [3.05, 3.63) is 176 Å². The van der Waals surface area contributed by atoms with Gasteiger partial charge in [-0.15, -0.1) is 11.3 Å². The third kappa shape index (κ3) is 4.29. The fourth-order valence-electron chi connectivity index (χ4n) is 8.07. The highest BCUT2D eigenvalue weighted by Gasteiger charge is 2.20. The Morgan fingerprint density at radius 3 is 1.90 bits per heavy atom. The number of thiophene rings is 1. The summed E-state index contributed by atoms with van der Waals surface area (Å²) in [5, 5.41) is 7.32. The van der Waals surface area contributed by atoms with Crippen molar-refractivity contribution in [2.75, 3.05) is 0 Å². The van der Waals surface area contributed by atoms with Gasteiger partial charge in [-0.05, 0) is 64.7 Å². The molecule has 0 amide bonds. The van der Waals surface area contributed by atoms with Crippen LogP contribution in [0.5, 0.6) is 0 Å². The van der Waals surface area contributed by atoms with Crippen LogP contribution >= 0.6 is 11.3 Å². The summed E-state index contributed by atoms with van der Waals surface area (Å²) in [5.74, 6) is 0. The molecule has 2 nitrogen and oxygen atoms in total. The number of hydrogen-bond acceptors (Lipinski definition) is 2. The van der Waals surface area contributed by atoms with E-state index in [9.17, 15) is 0 Å². The molecule has 0 radical (unpaired) electrons. The molecule has 3 heteroatoms. The number of nitrogens with zero attached hydrogens (tertiary/aromatic N) is 1. The van der Waals surface area contributed by atoms with E-state index in [2.05, 4.69) is 174 Å². The van der Waals surface area contributed by atoms with Crippen LogP contribution in [0.2, 0.25) is 0 Å². The normalized spacial score (nSPS) is 11.9. The van der Waals surface area contributed by atoms with Gasteiger partial charge < -0.3 is 8.98 Å². The Balaban J connectivity index is 1.20. The van der Waals surface area contributed by atoms with Crippen LogP contribution in [0.15, 0.2) is 180 Å². The molecule has 11 aromatic rings. The highest BCUT2D eigenvalue weighted by atomic mass is 32.1. The number of fused-ring (bicyclic) bond motifs is 9. The molecule has 0 saturated heterocycles. The largest absolute Gasteiger partial charge is 0.455 e. The summed E-state index contributed by atoms with van der Waals surface area (Å²) in [6, 6.07) is 63.6. The number of hydrogen-bond donors (Lipinski definition) is 0. The van der Waals surface area contributed by atoms with Gasteiger partial charge in [-0.2, -0.15) is 0 Å². The smallest absolute Gasteiger partial charge is 0.143 e. The van der Waals surface area contributed by atoms with E-state index < -0.39 is 0 Å². The van der Waals surface area contributed by atoms with E-state index >= 15 is 0 Å². The van der Waals surface area contributed by atoms with Crippen LogP contribution in [-0.4, -0.2) is 4.57 Å². The van der Waals surface area contributed by atoms with E-state index in [1.807, 2.05) is 17.4 Å². The van der Waals surface area contributed by atoms with Crippen molar-refractivity contribution in [3.63, 3.8) is 0 Å². The lowest BCUT2D eigenvalue weighted by atomic mass is 9.95. The first kappa shape index (κ1) is 28.4. The molecule has 0 atom stereocenters. The summed E-state index contributed by atoms with van der Waals surface area (Å²) < 4.78 is 11.6. The molecule has 8 aromatic carbocycles. The highest BCUT2D eigenvalue weighted by molar-refractivity contribution is 7.26. The molecule has 0 bridgehead atoms. The topological polar surface area (TPSA) is 18.1 Å². The second kappa shape index (κ2) is 11.0. The lowest BCUT2D eigenvalue weighted by molar-refractivity contribution is 0.670. The second-order valence-electron chi connectivity index (χ2n) is 13.3. The van der Waals surface area contributed by atoms with Gasteiger partial charge >= 0.3 is 0 Å². The van der Waals surface area contributed by atoms with E-state index in [1.54, 1.807) is 0 Å². The molecule has 3 heterocycles. The summed E-state index contributed by atoms with van der Waals surface area (Å²) in [6.07, 6.45) is 0. The van der Waals surface area contributed by atoms with Gasteiger partial charge in [0.1, 0.15) is 11.2 Å². The maximum absolute atomic E-state index is 6.55. The summed E-state index contributed by atoms with van der Waals surface area (Å²) in [7, 11) is 0. The van der Waals surface area contributed by atoms with E-state index in [0.29, 0.717) is 0 Å². The number of benzene rings is 8. The molecule has 0 aliphatic carbocycles. The average Bonchev–Trinajstić information content (AvgIpc) is 3.88. The van der Waals surface area contributed by atoms with Crippen molar-refractivity contribution >= 4 is 75.3 Å². The quantitative estimate of drug-likeness (QED) is 0.183. The van der Waals surface area contributed by atoms with E-state index in [1.165, 1.54) is 69.9 Å². The third-order valence-electron chi connectivity index (χ3n) is 10.4. The average molecular weight is 668 g/mol. The maximum atomic E-state index is 6.55. The molecule has 3 aromatic heterocycles. The minimum Gasteiger partial charge on any atom is -0.455 e. The maximum Gasteiger partial charge on any atom is 0.143 e. The summed E-state index contributed by atoms with van der Waals surface area (Å²) in [5.41, 5.74) is 12.6. The van der Waals surface area contributed by atoms with Crippen molar-refractivity contribution in [2.45, 2.75) is 0 Å². The van der Waals surface area contributed by atoms with Crippen molar-refractivity contribution in [1.29, 1.82) is 0 Å². The monoisotopic (exact) mass is 667 g/mol. The van der Waals surface area contributed by atoms with Crippen LogP contribution in [0.3, 0.4) is 0 Å². The minimum atomic E-state index is 0.914. The molecule has 238 valence electrons. The zero-order valence-electron chi connectivity index (χ0n) is 27.5. The number of rotatable bonds is 4. The van der Waals surface area contributed by atoms with Gasteiger partial charge in [0.25, 0.3) is 0 Å². The SMILES string of the molecule is c1ccc(-c2ccc3c(c2)c2ccccc2n3-c2cccc3c2sc2c(-c4ccccc4)cc(-c4cccc5c4oc4ccccc45)cc23)cc1. The van der Waals surface area contributed by atoms with Gasteiger partial charge in [-0.1, -0.05) is 133 Å². The predicted octanol–water partition coefficient (Wildman–Crippen LogP) is 14.1. The Morgan fingerprint density at radius 1 is 0.373 bits per heavy atom. The molecule has 51 heavy (non-hydrogen) atoms. The van der Waals surface area contributed by atoms with Crippen molar-refractivity contribution in [3.8, 4) is 39.1 Å². The van der Waals surface area contributed by atoms with Gasteiger partial charge in [-0.25, -0.2) is 0 Å². The minimum absolute atomic E-state index is 0.914. The zero-order chi connectivity index (χ0) is 33.5. The van der Waals surface area contributed by atoms with Crippen LogP contribution in [-0.2, 0) is 0 Å². The van der Waals surface area contributed by atoms with Crippen LogP contribution in [0.25, 0.3) is 103 Å². The standard InChI is InChI=1S/C48H29NOS/c1-3-13-30(14-4-1)32-25-26-43-40(27-32)35-17-7-9-22-42(35)49(43)44-23-12-21-38-41-29-33(28-39(47(41)51-48(38)44)31-15-5-2-6-16-31)34-19-11-20-37-36-18-8-10-24-45(36)50-46(34)37/h1-29H. The summed E-state index contributed by atoms with van der Waals surface area (Å²) >= 11 is 1.89. The lowest BCUT2D eigenvalue weighted by Crippen LogP contribution is -1.93. The van der Waals surface area contributed by atoms with Crippen molar-refractivity contribution in [1.82, 2.24) is 4.57 Å². The van der Waals surface area contributed by atoms with E-state index in [0.717, 1.165) is 33.1 Å². The Morgan fingerprint density at radius 2 is 1.04 bits per heavy atom. The van der Waals surface area contributed by atoms with Gasteiger partial charge in [0.05, 0.1) is 21.4 Å². The Labute approximate surface area is 298 Å². The van der Waals surface area contributed by atoms with E-state index in [4.69, 9.17) is 4.42 Å². The fourth-order valence-corrected chi connectivity index (χ4v) is 9.39. The molecule has 0 aliphatic rings. The van der Waals surface area contributed by atoms with Gasteiger partial charge in [0.2, 0.25) is 0 Å². The van der Waals surface area contributed by atoms with Crippen molar-refractivity contribution in [2.24, 2.45) is 0 Å². The molecule has 0 N–H and O–H groups in total. The molecule has 0 aliphatic heterocycles. The first-order chi connectivity index (χ1) is 25.3. The van der Waals surface area contributed by atoms with E-state index in [-0.39, 0.29) is 0 Å². The van der Waals surface area contributed by atoms with Crippen LogP contribution < -0.4 is 0 Å². The number of para-hydroxylation sites is 3. The second-order valence-corrected chi connectivity index (χ2v) is 14.3. The first-order valence-electron chi connectivity index (χ1n) is 17.3. The summed E-state index contributed by atoms with van der Waals surface area (Å²) in [4.78, 5) is 0. The highest BCUT2D eigenvalue weighted by Crippen LogP contribution is 2.47. The zero-order valence-corrected chi connectivity index (χ0v) is 28.3. The van der Waals surface area contributed by atoms with Gasteiger partial charge in [0, 0.05) is 48.1 Å². The third-order valence-corrected chi connectivity index (χ3v) is 11.7.